The van der Waals surface area contributed by atoms with Crippen LogP contribution in [0.3, 0.4) is 0 Å². The normalized spacial score (nSPS) is 9.90. The van der Waals surface area contributed by atoms with Crippen LogP contribution in [-0.2, 0) is 0 Å². The van der Waals surface area contributed by atoms with Crippen molar-refractivity contribution in [3.63, 3.8) is 0 Å². The minimum atomic E-state index is 0.222. The Kier molecular flexibility index (Phi) is 4.16. The van der Waals surface area contributed by atoms with E-state index in [0.29, 0.717) is 17.5 Å². The van der Waals surface area contributed by atoms with Gasteiger partial charge < -0.3 is 10.6 Å². The summed E-state index contributed by atoms with van der Waals surface area (Å²) in [6, 6.07) is 9.98. The van der Waals surface area contributed by atoms with E-state index < -0.39 is 0 Å². The van der Waals surface area contributed by atoms with E-state index >= 15 is 0 Å². The molecule has 0 saturated heterocycles. The molecule has 1 aromatic carbocycles. The zero-order valence-electron chi connectivity index (χ0n) is 11.9. The van der Waals surface area contributed by atoms with E-state index in [1.165, 1.54) is 11.1 Å². The van der Waals surface area contributed by atoms with Gasteiger partial charge in [-0.05, 0) is 44.0 Å². The monoisotopic (exact) mass is 267 g/mol. The first-order valence-electron chi connectivity index (χ1n) is 6.39. The lowest BCUT2D eigenvalue weighted by Crippen LogP contribution is -2.05. The minimum absolute atomic E-state index is 0.222. The molecule has 20 heavy (non-hydrogen) atoms. The van der Waals surface area contributed by atoms with E-state index in [4.69, 9.17) is 5.26 Å². The number of rotatable bonds is 4. The van der Waals surface area contributed by atoms with Crippen molar-refractivity contribution in [2.75, 3.05) is 17.2 Å². The third kappa shape index (κ3) is 3.45. The van der Waals surface area contributed by atoms with E-state index in [9.17, 15) is 0 Å². The van der Waals surface area contributed by atoms with Crippen molar-refractivity contribution in [3.8, 4) is 6.07 Å². The van der Waals surface area contributed by atoms with Gasteiger partial charge in [0.25, 0.3) is 0 Å². The van der Waals surface area contributed by atoms with Gasteiger partial charge in [-0.1, -0.05) is 6.07 Å². The molecule has 2 N–H and O–H groups in total. The van der Waals surface area contributed by atoms with Crippen LogP contribution in [0.5, 0.6) is 0 Å². The van der Waals surface area contributed by atoms with Gasteiger partial charge in [0, 0.05) is 11.8 Å². The second-order valence-electron chi connectivity index (χ2n) is 4.62. The van der Waals surface area contributed by atoms with E-state index in [-0.39, 0.29) is 6.54 Å². The molecule has 0 atom stereocenters. The fourth-order valence-electron chi connectivity index (χ4n) is 1.82. The van der Waals surface area contributed by atoms with Gasteiger partial charge in [-0.25, -0.2) is 9.97 Å². The molecule has 5 heteroatoms. The van der Waals surface area contributed by atoms with Crippen LogP contribution in [0.4, 0.5) is 17.3 Å². The minimum Gasteiger partial charge on any atom is -0.357 e. The topological polar surface area (TPSA) is 73.6 Å². The fraction of sp³-hybridized carbons (Fsp3) is 0.267. The average Bonchev–Trinajstić information content (AvgIpc) is 2.40. The Hall–Kier alpha value is -2.61. The molecule has 1 heterocycles. The standard InChI is InChI=1S/C15H17N5/c1-10-4-5-13(8-11(10)2)20-15-9-14(17-7-6-16)18-12(3)19-15/h4-5,8-9H,7H2,1-3H3,(H2,17,18,19,20). The number of anilines is 3. The van der Waals surface area contributed by atoms with Crippen molar-refractivity contribution in [1.29, 1.82) is 5.26 Å². The molecule has 2 aromatic rings. The lowest BCUT2D eigenvalue weighted by atomic mass is 10.1. The number of nitriles is 1. The van der Waals surface area contributed by atoms with E-state index in [2.05, 4.69) is 46.6 Å². The second-order valence-corrected chi connectivity index (χ2v) is 4.62. The molecule has 0 aliphatic heterocycles. The lowest BCUT2D eigenvalue weighted by Gasteiger charge is -2.10. The molecule has 0 aliphatic rings. The van der Waals surface area contributed by atoms with Crippen LogP contribution in [0.15, 0.2) is 24.3 Å². The predicted octanol–water partition coefficient (Wildman–Crippen LogP) is 3.08. The van der Waals surface area contributed by atoms with Gasteiger partial charge in [0.2, 0.25) is 0 Å². The summed E-state index contributed by atoms with van der Waals surface area (Å²) >= 11 is 0. The first-order chi connectivity index (χ1) is 9.58. The molecule has 0 saturated carbocycles. The highest BCUT2D eigenvalue weighted by Crippen LogP contribution is 2.20. The Morgan fingerprint density at radius 3 is 2.50 bits per heavy atom. The third-order valence-corrected chi connectivity index (χ3v) is 2.97. The zero-order chi connectivity index (χ0) is 14.5. The highest BCUT2D eigenvalue weighted by atomic mass is 15.1. The Morgan fingerprint density at radius 1 is 1.05 bits per heavy atom. The van der Waals surface area contributed by atoms with Crippen molar-refractivity contribution < 1.29 is 0 Å². The first kappa shape index (κ1) is 13.8. The molecule has 0 bridgehead atoms. The van der Waals surface area contributed by atoms with E-state index in [0.717, 1.165) is 5.69 Å². The highest BCUT2D eigenvalue weighted by Gasteiger charge is 2.03. The summed E-state index contributed by atoms with van der Waals surface area (Å²) in [5.41, 5.74) is 3.46. The van der Waals surface area contributed by atoms with Gasteiger partial charge in [-0.2, -0.15) is 5.26 Å². The molecule has 5 nitrogen and oxygen atoms in total. The summed E-state index contributed by atoms with van der Waals surface area (Å²) in [7, 11) is 0. The molecule has 0 amide bonds. The van der Waals surface area contributed by atoms with Gasteiger partial charge in [0.05, 0.1) is 6.07 Å². The molecule has 0 fully saturated rings. The Morgan fingerprint density at radius 2 is 1.80 bits per heavy atom. The van der Waals surface area contributed by atoms with Crippen molar-refractivity contribution in [3.05, 3.63) is 41.2 Å². The lowest BCUT2D eigenvalue weighted by molar-refractivity contribution is 1.05. The predicted molar refractivity (Wildman–Crippen MR) is 80.1 cm³/mol. The summed E-state index contributed by atoms with van der Waals surface area (Å²) in [5.74, 6) is 2.01. The van der Waals surface area contributed by atoms with E-state index in [1.54, 1.807) is 6.07 Å². The van der Waals surface area contributed by atoms with Crippen molar-refractivity contribution in [2.24, 2.45) is 0 Å². The summed E-state index contributed by atoms with van der Waals surface area (Å²) in [5, 5.41) is 14.8. The Bertz CT molecular complexity index is 658. The smallest absolute Gasteiger partial charge is 0.136 e. The van der Waals surface area contributed by atoms with Gasteiger partial charge in [-0.3, -0.25) is 0 Å². The highest BCUT2D eigenvalue weighted by molar-refractivity contribution is 5.60. The summed E-state index contributed by atoms with van der Waals surface area (Å²) in [6.07, 6.45) is 0. The average molecular weight is 267 g/mol. The molecule has 0 unspecified atom stereocenters. The fourth-order valence-corrected chi connectivity index (χ4v) is 1.82. The third-order valence-electron chi connectivity index (χ3n) is 2.97. The number of nitrogens with one attached hydrogen (secondary N) is 2. The van der Waals surface area contributed by atoms with Crippen molar-refractivity contribution in [2.45, 2.75) is 20.8 Å². The van der Waals surface area contributed by atoms with Crippen LogP contribution >= 0.6 is 0 Å². The van der Waals surface area contributed by atoms with Gasteiger partial charge >= 0.3 is 0 Å². The maximum absolute atomic E-state index is 8.59. The maximum Gasteiger partial charge on any atom is 0.136 e. The second kappa shape index (κ2) is 6.02. The quantitative estimate of drug-likeness (QED) is 0.833. The molecule has 102 valence electrons. The summed E-state index contributed by atoms with van der Waals surface area (Å²) < 4.78 is 0. The molecule has 0 spiro atoms. The number of aromatic nitrogens is 2. The van der Waals surface area contributed by atoms with E-state index in [1.807, 2.05) is 19.1 Å². The SMILES string of the molecule is Cc1nc(NCC#N)cc(Nc2ccc(C)c(C)c2)n1. The van der Waals surface area contributed by atoms with Crippen LogP contribution in [0, 0.1) is 32.1 Å². The molecular weight excluding hydrogens is 250 g/mol. The van der Waals surface area contributed by atoms with Gasteiger partial charge in [0.15, 0.2) is 0 Å². The van der Waals surface area contributed by atoms with Gasteiger partial charge in [-0.15, -0.1) is 0 Å². The van der Waals surface area contributed by atoms with Crippen LogP contribution < -0.4 is 10.6 Å². The zero-order valence-corrected chi connectivity index (χ0v) is 11.9. The van der Waals surface area contributed by atoms with Crippen molar-refractivity contribution in [1.82, 2.24) is 9.97 Å². The molecule has 0 radical (unpaired) electrons. The molecule has 1 aromatic heterocycles. The summed E-state index contributed by atoms with van der Waals surface area (Å²) in [4.78, 5) is 8.58. The van der Waals surface area contributed by atoms with Crippen LogP contribution in [0.1, 0.15) is 17.0 Å². The number of hydrogen-bond donors (Lipinski definition) is 2. The Balaban J connectivity index is 2.22. The largest absolute Gasteiger partial charge is 0.357 e. The molecule has 0 aliphatic carbocycles. The number of benzene rings is 1. The number of aryl methyl sites for hydroxylation is 3. The van der Waals surface area contributed by atoms with Crippen LogP contribution in [0.25, 0.3) is 0 Å². The molecular formula is C15H17N5. The Labute approximate surface area is 118 Å². The maximum atomic E-state index is 8.59. The number of nitrogens with zero attached hydrogens (tertiary/aromatic N) is 3. The van der Waals surface area contributed by atoms with Gasteiger partial charge in [0.1, 0.15) is 24.0 Å². The van der Waals surface area contributed by atoms with Crippen LogP contribution in [-0.4, -0.2) is 16.5 Å². The number of hydrogen-bond acceptors (Lipinski definition) is 5. The van der Waals surface area contributed by atoms with Crippen molar-refractivity contribution >= 4 is 17.3 Å². The molecule has 2 rings (SSSR count). The van der Waals surface area contributed by atoms with Crippen LogP contribution in [0.2, 0.25) is 0 Å². The first-order valence-corrected chi connectivity index (χ1v) is 6.39. The summed E-state index contributed by atoms with van der Waals surface area (Å²) in [6.45, 7) is 6.20.